The maximum atomic E-state index is 13.3. The van der Waals surface area contributed by atoms with Gasteiger partial charge in [0.2, 0.25) is 0 Å². The van der Waals surface area contributed by atoms with Crippen LogP contribution < -0.4 is 0 Å². The number of hydrogen-bond acceptors (Lipinski definition) is 1. The average molecular weight is 322 g/mol. The van der Waals surface area contributed by atoms with E-state index in [2.05, 4.69) is 64.1 Å². The van der Waals surface area contributed by atoms with E-state index >= 15 is 0 Å². The summed E-state index contributed by atoms with van der Waals surface area (Å²) in [5.74, 6) is 1.04. The van der Waals surface area contributed by atoms with Crippen LogP contribution in [0.1, 0.15) is 45.2 Å². The van der Waals surface area contributed by atoms with Gasteiger partial charge in [0.05, 0.1) is 0 Å². The van der Waals surface area contributed by atoms with Crippen molar-refractivity contribution in [2.75, 3.05) is 0 Å². The van der Waals surface area contributed by atoms with Crippen LogP contribution in [0.3, 0.4) is 0 Å². The molecule has 0 radical (unpaired) electrons. The molecule has 0 aliphatic carbocycles. The molecule has 0 saturated carbocycles. The lowest BCUT2D eigenvalue weighted by Crippen LogP contribution is -2.43. The molecule has 0 heterocycles. The highest BCUT2D eigenvalue weighted by atomic mass is 16.1. The molecule has 0 unspecified atom stereocenters. The summed E-state index contributed by atoms with van der Waals surface area (Å²) in [6.45, 7) is 8.79. The molecule has 0 aliphatic rings. The van der Waals surface area contributed by atoms with E-state index in [1.165, 1.54) is 11.1 Å². The van der Waals surface area contributed by atoms with Crippen molar-refractivity contribution in [1.82, 2.24) is 0 Å². The Morgan fingerprint density at radius 1 is 0.792 bits per heavy atom. The van der Waals surface area contributed by atoms with Crippen molar-refractivity contribution in [2.45, 2.75) is 47.0 Å². The van der Waals surface area contributed by atoms with Crippen LogP contribution in [0.4, 0.5) is 0 Å². The first-order valence-electron chi connectivity index (χ1n) is 9.08. The SMILES string of the molecule is CC(C)C(Cc1ccccc1)(C(=O)CCc1ccccc1)C(C)C. The minimum Gasteiger partial charge on any atom is -0.299 e. The van der Waals surface area contributed by atoms with Crippen LogP contribution in [-0.4, -0.2) is 5.78 Å². The molecular formula is C23H30O. The molecule has 1 heteroatoms. The predicted octanol–water partition coefficient (Wildman–Crippen LogP) is 5.73. The van der Waals surface area contributed by atoms with Gasteiger partial charge in [-0.15, -0.1) is 0 Å². The first-order valence-corrected chi connectivity index (χ1v) is 9.08. The summed E-state index contributed by atoms with van der Waals surface area (Å²) in [7, 11) is 0. The molecule has 0 amide bonds. The van der Waals surface area contributed by atoms with Crippen molar-refractivity contribution in [1.29, 1.82) is 0 Å². The molecule has 2 rings (SSSR count). The Morgan fingerprint density at radius 3 is 1.71 bits per heavy atom. The van der Waals surface area contributed by atoms with Gasteiger partial charge in [0.25, 0.3) is 0 Å². The van der Waals surface area contributed by atoms with E-state index in [1.54, 1.807) is 0 Å². The lowest BCUT2D eigenvalue weighted by atomic mass is 9.62. The van der Waals surface area contributed by atoms with E-state index in [9.17, 15) is 4.79 Å². The third kappa shape index (κ3) is 4.14. The lowest BCUT2D eigenvalue weighted by molar-refractivity contribution is -0.134. The predicted molar refractivity (Wildman–Crippen MR) is 102 cm³/mol. The summed E-state index contributed by atoms with van der Waals surface area (Å²) in [5, 5.41) is 0. The van der Waals surface area contributed by atoms with Crippen molar-refractivity contribution >= 4 is 5.78 Å². The van der Waals surface area contributed by atoms with Crippen LogP contribution in [0.25, 0.3) is 0 Å². The van der Waals surface area contributed by atoms with Crippen LogP contribution in [-0.2, 0) is 17.6 Å². The normalized spacial score (nSPS) is 11.9. The average Bonchev–Trinajstić information content (AvgIpc) is 2.58. The topological polar surface area (TPSA) is 17.1 Å². The van der Waals surface area contributed by atoms with E-state index in [1.807, 2.05) is 24.3 Å². The molecule has 2 aromatic carbocycles. The molecule has 0 saturated heterocycles. The van der Waals surface area contributed by atoms with Gasteiger partial charge in [-0.05, 0) is 35.8 Å². The zero-order valence-corrected chi connectivity index (χ0v) is 15.5. The van der Waals surface area contributed by atoms with E-state index in [0.717, 1.165) is 12.8 Å². The third-order valence-electron chi connectivity index (χ3n) is 5.40. The monoisotopic (exact) mass is 322 g/mol. The molecule has 0 spiro atoms. The van der Waals surface area contributed by atoms with Crippen LogP contribution in [0.15, 0.2) is 60.7 Å². The number of carbonyl (C=O) groups is 1. The maximum Gasteiger partial charge on any atom is 0.140 e. The fraction of sp³-hybridized carbons (Fsp3) is 0.435. The fourth-order valence-corrected chi connectivity index (χ4v) is 3.89. The number of hydrogen-bond donors (Lipinski definition) is 0. The molecule has 0 N–H and O–H groups in total. The van der Waals surface area contributed by atoms with Crippen molar-refractivity contribution in [3.05, 3.63) is 71.8 Å². The minimum atomic E-state index is -0.296. The zero-order valence-electron chi connectivity index (χ0n) is 15.5. The quantitative estimate of drug-likeness (QED) is 0.606. The molecule has 0 bridgehead atoms. The van der Waals surface area contributed by atoms with Gasteiger partial charge in [-0.2, -0.15) is 0 Å². The smallest absolute Gasteiger partial charge is 0.140 e. The molecule has 128 valence electrons. The molecule has 1 nitrogen and oxygen atoms in total. The summed E-state index contributed by atoms with van der Waals surface area (Å²) in [5.41, 5.74) is 2.20. The highest BCUT2D eigenvalue weighted by Crippen LogP contribution is 2.41. The van der Waals surface area contributed by atoms with E-state index in [4.69, 9.17) is 0 Å². The van der Waals surface area contributed by atoms with Gasteiger partial charge >= 0.3 is 0 Å². The fourth-order valence-electron chi connectivity index (χ4n) is 3.89. The molecule has 2 aromatic rings. The number of carbonyl (C=O) groups excluding carboxylic acids is 1. The second kappa shape index (κ2) is 8.28. The molecular weight excluding hydrogens is 292 g/mol. The van der Waals surface area contributed by atoms with E-state index in [0.29, 0.717) is 24.0 Å². The number of rotatable bonds is 8. The summed E-state index contributed by atoms with van der Waals surface area (Å²) < 4.78 is 0. The van der Waals surface area contributed by atoms with Crippen LogP contribution in [0, 0.1) is 17.3 Å². The van der Waals surface area contributed by atoms with Crippen LogP contribution in [0.2, 0.25) is 0 Å². The van der Waals surface area contributed by atoms with Crippen LogP contribution >= 0.6 is 0 Å². The summed E-state index contributed by atoms with van der Waals surface area (Å²) in [6.07, 6.45) is 2.28. The third-order valence-corrected chi connectivity index (χ3v) is 5.40. The second-order valence-electron chi connectivity index (χ2n) is 7.42. The highest BCUT2D eigenvalue weighted by molar-refractivity contribution is 5.86. The van der Waals surface area contributed by atoms with Gasteiger partial charge in [-0.25, -0.2) is 0 Å². The van der Waals surface area contributed by atoms with E-state index in [-0.39, 0.29) is 5.41 Å². The highest BCUT2D eigenvalue weighted by Gasteiger charge is 2.43. The Hall–Kier alpha value is -1.89. The first-order chi connectivity index (χ1) is 11.5. The number of aryl methyl sites for hydroxylation is 1. The molecule has 24 heavy (non-hydrogen) atoms. The number of benzene rings is 2. The van der Waals surface area contributed by atoms with Gasteiger partial charge in [0, 0.05) is 11.8 Å². The summed E-state index contributed by atoms with van der Waals surface area (Å²) in [6, 6.07) is 20.8. The Kier molecular flexibility index (Phi) is 6.36. The van der Waals surface area contributed by atoms with Gasteiger partial charge < -0.3 is 0 Å². The largest absolute Gasteiger partial charge is 0.299 e. The lowest BCUT2D eigenvalue weighted by Gasteiger charge is -2.40. The first kappa shape index (κ1) is 18.4. The minimum absolute atomic E-state index is 0.296. The summed E-state index contributed by atoms with van der Waals surface area (Å²) >= 11 is 0. The van der Waals surface area contributed by atoms with Gasteiger partial charge in [0.1, 0.15) is 5.78 Å². The molecule has 0 aromatic heterocycles. The molecule has 0 aliphatic heterocycles. The van der Waals surface area contributed by atoms with Crippen LogP contribution in [0.5, 0.6) is 0 Å². The molecule has 0 atom stereocenters. The van der Waals surface area contributed by atoms with Crippen molar-refractivity contribution in [3.63, 3.8) is 0 Å². The zero-order chi connectivity index (χ0) is 17.6. The van der Waals surface area contributed by atoms with Crippen molar-refractivity contribution in [3.8, 4) is 0 Å². The van der Waals surface area contributed by atoms with Gasteiger partial charge in [-0.3, -0.25) is 4.79 Å². The standard InChI is InChI=1S/C23H30O/c1-18(2)23(19(3)4,17-21-13-9-6-10-14-21)22(24)16-15-20-11-7-5-8-12-20/h5-14,18-19H,15-17H2,1-4H3. The Balaban J connectivity index is 2.22. The maximum absolute atomic E-state index is 13.3. The molecule has 0 fully saturated rings. The van der Waals surface area contributed by atoms with Crippen molar-refractivity contribution in [2.24, 2.45) is 17.3 Å². The Labute approximate surface area is 147 Å². The van der Waals surface area contributed by atoms with Gasteiger partial charge in [0.15, 0.2) is 0 Å². The Morgan fingerprint density at radius 2 is 1.25 bits per heavy atom. The number of Topliss-reactive ketones (excluding diaryl/α,β-unsaturated/α-hetero) is 1. The van der Waals surface area contributed by atoms with E-state index < -0.39 is 0 Å². The summed E-state index contributed by atoms with van der Waals surface area (Å²) in [4.78, 5) is 13.3. The number of ketones is 1. The Bertz CT molecular complexity index is 618. The van der Waals surface area contributed by atoms with Crippen molar-refractivity contribution < 1.29 is 4.79 Å². The van der Waals surface area contributed by atoms with Gasteiger partial charge in [-0.1, -0.05) is 88.4 Å². The second-order valence-corrected chi connectivity index (χ2v) is 7.42.